The van der Waals surface area contributed by atoms with Gasteiger partial charge in [-0.15, -0.1) is 0 Å². The van der Waals surface area contributed by atoms with Gasteiger partial charge in [0.05, 0.1) is 32.6 Å². The molecule has 39 heavy (non-hydrogen) atoms. The van der Waals surface area contributed by atoms with E-state index in [9.17, 15) is 14.7 Å². The van der Waals surface area contributed by atoms with E-state index < -0.39 is 11.6 Å². The number of hydrogen-bond acceptors (Lipinski definition) is 7. The SMILES string of the molecule is CCCCNC(=O)C(c1cnn(CC2CCOCC2)c1)N(CC1(O)COC1)C(=O)c1ccc(OCCC)cc1. The van der Waals surface area contributed by atoms with Crippen LogP contribution in [0, 0.1) is 5.92 Å². The summed E-state index contributed by atoms with van der Waals surface area (Å²) in [5, 5.41) is 18.6. The number of amides is 2. The Morgan fingerprint density at radius 3 is 2.56 bits per heavy atom. The Hall–Kier alpha value is -2.95. The van der Waals surface area contributed by atoms with Crippen LogP contribution < -0.4 is 10.1 Å². The molecule has 2 aromatic rings. The van der Waals surface area contributed by atoms with Crippen LogP contribution in [0.4, 0.5) is 0 Å². The summed E-state index contributed by atoms with van der Waals surface area (Å²) in [5.41, 5.74) is -0.209. The number of nitrogens with zero attached hydrogens (tertiary/aromatic N) is 3. The summed E-state index contributed by atoms with van der Waals surface area (Å²) in [7, 11) is 0. The molecule has 2 fully saturated rings. The Morgan fingerprint density at radius 2 is 1.92 bits per heavy atom. The zero-order valence-corrected chi connectivity index (χ0v) is 23.1. The van der Waals surface area contributed by atoms with Gasteiger partial charge in [-0.3, -0.25) is 14.3 Å². The zero-order valence-electron chi connectivity index (χ0n) is 23.1. The molecule has 2 amide bonds. The fourth-order valence-corrected chi connectivity index (χ4v) is 4.88. The van der Waals surface area contributed by atoms with Crippen molar-refractivity contribution in [1.82, 2.24) is 20.0 Å². The molecule has 10 heteroatoms. The summed E-state index contributed by atoms with van der Waals surface area (Å²) in [6.07, 6.45) is 8.08. The number of hydrogen-bond donors (Lipinski definition) is 2. The molecule has 4 rings (SSSR count). The summed E-state index contributed by atoms with van der Waals surface area (Å²) in [6.45, 7) is 7.54. The lowest BCUT2D eigenvalue weighted by molar-refractivity contribution is -0.186. The second kappa shape index (κ2) is 13.9. The van der Waals surface area contributed by atoms with Gasteiger partial charge in [0.25, 0.3) is 5.91 Å². The number of nitrogens with one attached hydrogen (secondary N) is 1. The first-order chi connectivity index (χ1) is 18.9. The van der Waals surface area contributed by atoms with E-state index in [0.29, 0.717) is 35.9 Å². The van der Waals surface area contributed by atoms with Crippen molar-refractivity contribution in [2.24, 2.45) is 5.92 Å². The Morgan fingerprint density at radius 1 is 1.18 bits per heavy atom. The quantitative estimate of drug-likeness (QED) is 0.353. The van der Waals surface area contributed by atoms with Gasteiger partial charge in [-0.25, -0.2) is 0 Å². The lowest BCUT2D eigenvalue weighted by atomic mass is 9.97. The second-order valence-corrected chi connectivity index (χ2v) is 10.6. The minimum Gasteiger partial charge on any atom is -0.494 e. The van der Waals surface area contributed by atoms with Crippen molar-refractivity contribution in [3.63, 3.8) is 0 Å². The molecular formula is C29H42N4O6. The first-order valence-electron chi connectivity index (χ1n) is 14.1. The number of aliphatic hydroxyl groups is 1. The van der Waals surface area contributed by atoms with Crippen LogP contribution in [0.1, 0.15) is 67.9 Å². The van der Waals surface area contributed by atoms with Crippen molar-refractivity contribution in [1.29, 1.82) is 0 Å². The highest BCUT2D eigenvalue weighted by molar-refractivity contribution is 5.98. The van der Waals surface area contributed by atoms with Crippen LogP contribution in [0.2, 0.25) is 0 Å². The Labute approximate surface area is 230 Å². The fraction of sp³-hybridized carbons (Fsp3) is 0.621. The highest BCUT2D eigenvalue weighted by Crippen LogP contribution is 2.29. The number of benzene rings is 1. The van der Waals surface area contributed by atoms with E-state index in [-0.39, 0.29) is 31.6 Å². The summed E-state index contributed by atoms with van der Waals surface area (Å²) in [6, 6.07) is 5.94. The standard InChI is InChI=1S/C29H42N4O6/c1-3-5-12-30-27(34)26(24-16-31-32(18-24)17-22-10-14-37-15-11-22)33(19-29(36)20-38-21-29)28(35)23-6-8-25(9-7-23)39-13-4-2/h6-9,16,18,22,26,36H,3-5,10-15,17,19-21H2,1-2H3,(H,30,34). The normalized spacial score (nSPS) is 17.7. The van der Waals surface area contributed by atoms with Gasteiger partial charge in [0.1, 0.15) is 17.4 Å². The van der Waals surface area contributed by atoms with E-state index in [0.717, 1.165) is 51.9 Å². The van der Waals surface area contributed by atoms with Gasteiger partial charge in [-0.05, 0) is 55.9 Å². The maximum atomic E-state index is 14.0. The summed E-state index contributed by atoms with van der Waals surface area (Å²) in [5.74, 6) is 0.468. The van der Waals surface area contributed by atoms with E-state index in [1.54, 1.807) is 30.5 Å². The molecule has 2 N–H and O–H groups in total. The van der Waals surface area contributed by atoms with Crippen molar-refractivity contribution in [3.05, 3.63) is 47.8 Å². The van der Waals surface area contributed by atoms with Crippen LogP contribution in [0.25, 0.3) is 0 Å². The number of unbranched alkanes of at least 4 members (excludes halogenated alkanes) is 1. The van der Waals surface area contributed by atoms with Crippen LogP contribution in [0.15, 0.2) is 36.7 Å². The molecule has 0 bridgehead atoms. The molecule has 1 atom stereocenters. The third-order valence-corrected chi connectivity index (χ3v) is 7.19. The minimum atomic E-state index is -1.22. The van der Waals surface area contributed by atoms with Gasteiger partial charge in [0, 0.05) is 43.6 Å². The van der Waals surface area contributed by atoms with Crippen LogP contribution in [0.3, 0.4) is 0 Å². The Balaban J connectivity index is 1.63. The largest absolute Gasteiger partial charge is 0.494 e. The summed E-state index contributed by atoms with van der Waals surface area (Å²) < 4.78 is 18.3. The van der Waals surface area contributed by atoms with E-state index in [4.69, 9.17) is 14.2 Å². The number of ether oxygens (including phenoxy) is 3. The van der Waals surface area contributed by atoms with E-state index in [1.807, 2.05) is 17.8 Å². The Bertz CT molecular complexity index is 1060. The van der Waals surface area contributed by atoms with Gasteiger partial charge in [0.15, 0.2) is 0 Å². The average Bonchev–Trinajstić information content (AvgIpc) is 3.39. The first kappa shape index (κ1) is 29.0. The fourth-order valence-electron chi connectivity index (χ4n) is 4.88. The van der Waals surface area contributed by atoms with Gasteiger partial charge in [0.2, 0.25) is 5.91 Å². The smallest absolute Gasteiger partial charge is 0.254 e. The number of rotatable bonds is 14. The highest BCUT2D eigenvalue weighted by atomic mass is 16.5. The highest BCUT2D eigenvalue weighted by Gasteiger charge is 2.43. The molecule has 3 heterocycles. The molecule has 2 saturated heterocycles. The van der Waals surface area contributed by atoms with Crippen LogP contribution >= 0.6 is 0 Å². The predicted molar refractivity (Wildman–Crippen MR) is 145 cm³/mol. The molecule has 2 aliphatic heterocycles. The lowest BCUT2D eigenvalue weighted by Crippen LogP contribution is -2.59. The third-order valence-electron chi connectivity index (χ3n) is 7.19. The van der Waals surface area contributed by atoms with Crippen molar-refractivity contribution >= 4 is 11.8 Å². The van der Waals surface area contributed by atoms with E-state index >= 15 is 0 Å². The van der Waals surface area contributed by atoms with Crippen molar-refractivity contribution < 1.29 is 28.9 Å². The van der Waals surface area contributed by atoms with Gasteiger partial charge in [-0.1, -0.05) is 20.3 Å². The van der Waals surface area contributed by atoms with Gasteiger partial charge < -0.3 is 29.5 Å². The summed E-state index contributed by atoms with van der Waals surface area (Å²) in [4.78, 5) is 29.1. The van der Waals surface area contributed by atoms with Crippen molar-refractivity contribution in [3.8, 4) is 5.75 Å². The molecule has 0 saturated carbocycles. The molecule has 0 radical (unpaired) electrons. The molecule has 1 unspecified atom stereocenters. The molecule has 1 aromatic carbocycles. The molecule has 10 nitrogen and oxygen atoms in total. The monoisotopic (exact) mass is 542 g/mol. The first-order valence-corrected chi connectivity index (χ1v) is 14.1. The number of aromatic nitrogens is 2. The van der Waals surface area contributed by atoms with E-state index in [1.165, 1.54) is 4.90 Å². The topological polar surface area (TPSA) is 115 Å². The van der Waals surface area contributed by atoms with E-state index in [2.05, 4.69) is 17.3 Å². The average molecular weight is 543 g/mol. The van der Waals surface area contributed by atoms with Crippen LogP contribution in [-0.2, 0) is 20.8 Å². The Kier molecular flexibility index (Phi) is 10.4. The number of carbonyl (C=O) groups excluding carboxylic acids is 2. The maximum Gasteiger partial charge on any atom is 0.254 e. The van der Waals surface area contributed by atoms with Crippen molar-refractivity contribution in [2.45, 2.75) is 64.1 Å². The lowest BCUT2D eigenvalue weighted by Gasteiger charge is -2.42. The molecule has 214 valence electrons. The second-order valence-electron chi connectivity index (χ2n) is 10.6. The number of carbonyl (C=O) groups is 2. The van der Waals surface area contributed by atoms with Crippen molar-refractivity contribution in [2.75, 3.05) is 46.1 Å². The maximum absolute atomic E-state index is 14.0. The van der Waals surface area contributed by atoms with Gasteiger partial charge in [-0.2, -0.15) is 5.10 Å². The van der Waals surface area contributed by atoms with Gasteiger partial charge >= 0.3 is 0 Å². The molecule has 1 aromatic heterocycles. The third kappa shape index (κ3) is 7.80. The zero-order chi connectivity index (χ0) is 27.7. The predicted octanol–water partition coefficient (Wildman–Crippen LogP) is 2.96. The molecule has 0 spiro atoms. The minimum absolute atomic E-state index is 0.0447. The van der Waals surface area contributed by atoms with Crippen LogP contribution in [-0.4, -0.2) is 83.3 Å². The molecular weight excluding hydrogens is 500 g/mol. The summed E-state index contributed by atoms with van der Waals surface area (Å²) >= 11 is 0. The van der Waals surface area contributed by atoms with Crippen LogP contribution in [0.5, 0.6) is 5.75 Å². The molecule has 2 aliphatic rings. The molecule has 0 aliphatic carbocycles.